The molecule has 0 aliphatic heterocycles. The molecule has 0 radical (unpaired) electrons. The molecular weight excluding hydrogens is 299 g/mol. The summed E-state index contributed by atoms with van der Waals surface area (Å²) in [4.78, 5) is 0. The second-order valence-corrected chi connectivity index (χ2v) is 5.40. The van der Waals surface area contributed by atoms with Gasteiger partial charge >= 0.3 is 0 Å². The standard InChI is InChI=1S/C9H4Cl4FNO/c10-6-4-7(14)5(9(11,12)13)3-8(6)16-2-1-15/h3-4H,2H2. The third kappa shape index (κ3) is 3.29. The van der Waals surface area contributed by atoms with Gasteiger partial charge in [0.05, 0.1) is 5.02 Å². The van der Waals surface area contributed by atoms with Crippen molar-refractivity contribution in [2.24, 2.45) is 0 Å². The molecule has 0 saturated heterocycles. The van der Waals surface area contributed by atoms with Crippen LogP contribution in [0.4, 0.5) is 4.39 Å². The third-order valence-electron chi connectivity index (χ3n) is 1.62. The minimum Gasteiger partial charge on any atom is -0.477 e. The highest BCUT2D eigenvalue weighted by Crippen LogP contribution is 2.42. The van der Waals surface area contributed by atoms with Crippen LogP contribution in [0, 0.1) is 17.1 Å². The van der Waals surface area contributed by atoms with Gasteiger partial charge in [0.1, 0.15) is 17.6 Å². The van der Waals surface area contributed by atoms with Crippen molar-refractivity contribution in [2.75, 3.05) is 6.61 Å². The Bertz CT molecular complexity index is 438. The molecule has 0 aliphatic rings. The monoisotopic (exact) mass is 301 g/mol. The van der Waals surface area contributed by atoms with Crippen molar-refractivity contribution in [3.8, 4) is 11.8 Å². The molecule has 86 valence electrons. The maximum Gasteiger partial charge on any atom is 0.218 e. The van der Waals surface area contributed by atoms with Crippen LogP contribution in [0.25, 0.3) is 0 Å². The van der Waals surface area contributed by atoms with Crippen molar-refractivity contribution < 1.29 is 9.13 Å². The Morgan fingerprint density at radius 1 is 1.38 bits per heavy atom. The summed E-state index contributed by atoms with van der Waals surface area (Å²) in [6.45, 7) is -0.231. The molecule has 0 atom stereocenters. The van der Waals surface area contributed by atoms with E-state index in [1.54, 1.807) is 6.07 Å². The summed E-state index contributed by atoms with van der Waals surface area (Å²) in [6, 6.07) is 3.86. The summed E-state index contributed by atoms with van der Waals surface area (Å²) in [5.41, 5.74) is -0.185. The van der Waals surface area contributed by atoms with Crippen molar-refractivity contribution in [1.82, 2.24) is 0 Å². The van der Waals surface area contributed by atoms with Gasteiger partial charge in [0, 0.05) is 5.56 Å². The molecule has 1 rings (SSSR count). The zero-order valence-corrected chi connectivity index (χ0v) is 10.6. The molecule has 2 nitrogen and oxygen atoms in total. The summed E-state index contributed by atoms with van der Waals surface area (Å²) >= 11 is 22.3. The molecule has 0 N–H and O–H groups in total. The van der Waals surface area contributed by atoms with Crippen LogP contribution in [-0.2, 0) is 3.79 Å². The summed E-state index contributed by atoms with van der Waals surface area (Å²) < 4.78 is 16.4. The van der Waals surface area contributed by atoms with Crippen molar-refractivity contribution in [2.45, 2.75) is 3.79 Å². The highest BCUT2D eigenvalue weighted by Gasteiger charge is 2.28. The molecule has 1 aromatic rings. The van der Waals surface area contributed by atoms with Gasteiger partial charge in [0.15, 0.2) is 6.61 Å². The van der Waals surface area contributed by atoms with Gasteiger partial charge in [-0.2, -0.15) is 5.26 Å². The van der Waals surface area contributed by atoms with Crippen LogP contribution in [0.2, 0.25) is 5.02 Å². The molecule has 16 heavy (non-hydrogen) atoms. The second-order valence-electron chi connectivity index (χ2n) is 2.71. The van der Waals surface area contributed by atoms with Gasteiger partial charge in [-0.05, 0) is 12.1 Å². The Morgan fingerprint density at radius 2 is 2.00 bits per heavy atom. The van der Waals surface area contributed by atoms with Crippen molar-refractivity contribution in [3.63, 3.8) is 0 Å². The zero-order valence-electron chi connectivity index (χ0n) is 7.61. The van der Waals surface area contributed by atoms with Gasteiger partial charge in [-0.1, -0.05) is 46.4 Å². The van der Waals surface area contributed by atoms with E-state index in [1.807, 2.05) is 0 Å². The average molecular weight is 303 g/mol. The highest BCUT2D eigenvalue weighted by atomic mass is 35.6. The lowest BCUT2D eigenvalue weighted by molar-refractivity contribution is 0.367. The molecule has 0 heterocycles. The normalized spacial score (nSPS) is 11.0. The molecule has 0 amide bonds. The van der Waals surface area contributed by atoms with E-state index in [0.717, 1.165) is 12.1 Å². The van der Waals surface area contributed by atoms with Crippen LogP contribution in [0.1, 0.15) is 5.56 Å². The first-order valence-electron chi connectivity index (χ1n) is 3.92. The molecule has 7 heteroatoms. The van der Waals surface area contributed by atoms with E-state index in [9.17, 15) is 4.39 Å². The number of nitrogens with zero attached hydrogens (tertiary/aromatic N) is 1. The molecule has 0 saturated carbocycles. The Hall–Kier alpha value is -0.400. The molecule has 1 aromatic carbocycles. The van der Waals surface area contributed by atoms with Gasteiger partial charge in [-0.25, -0.2) is 4.39 Å². The lowest BCUT2D eigenvalue weighted by Gasteiger charge is -2.14. The molecule has 0 bridgehead atoms. The smallest absolute Gasteiger partial charge is 0.218 e. The molecule has 0 aliphatic carbocycles. The van der Waals surface area contributed by atoms with Gasteiger partial charge in [-0.15, -0.1) is 0 Å². The fourth-order valence-electron chi connectivity index (χ4n) is 0.967. The van der Waals surface area contributed by atoms with Crippen molar-refractivity contribution in [3.05, 3.63) is 28.5 Å². The maximum absolute atomic E-state index is 13.4. The molecule has 0 aromatic heterocycles. The van der Waals surface area contributed by atoms with Crippen molar-refractivity contribution >= 4 is 46.4 Å². The number of alkyl halides is 3. The number of hydrogen-bond donors (Lipinski definition) is 0. The maximum atomic E-state index is 13.4. The molecule has 0 spiro atoms. The first-order chi connectivity index (χ1) is 7.36. The number of ether oxygens (including phenoxy) is 1. The molecular formula is C9H4Cl4FNO. The zero-order chi connectivity index (χ0) is 12.3. The number of hydrogen-bond acceptors (Lipinski definition) is 2. The van der Waals surface area contributed by atoms with E-state index >= 15 is 0 Å². The fraction of sp³-hybridized carbons (Fsp3) is 0.222. The first-order valence-corrected chi connectivity index (χ1v) is 5.43. The van der Waals surface area contributed by atoms with E-state index in [1.165, 1.54) is 0 Å². The number of rotatable bonds is 2. The van der Waals surface area contributed by atoms with E-state index in [4.69, 9.17) is 56.4 Å². The van der Waals surface area contributed by atoms with Crippen LogP contribution < -0.4 is 4.74 Å². The topological polar surface area (TPSA) is 33.0 Å². The summed E-state index contributed by atoms with van der Waals surface area (Å²) in [5, 5.41) is 8.34. The molecule has 0 unspecified atom stereocenters. The Kier molecular flexibility index (Phi) is 4.52. The van der Waals surface area contributed by atoms with E-state index in [-0.39, 0.29) is 22.9 Å². The number of benzene rings is 1. The number of nitriles is 1. The van der Waals surface area contributed by atoms with Gasteiger partial charge in [-0.3, -0.25) is 0 Å². The quantitative estimate of drug-likeness (QED) is 0.767. The predicted octanol–water partition coefficient (Wildman–Crippen LogP) is 4.21. The van der Waals surface area contributed by atoms with Crippen molar-refractivity contribution in [1.29, 1.82) is 5.26 Å². The summed E-state index contributed by atoms with van der Waals surface area (Å²) in [6.07, 6.45) is 0. The van der Waals surface area contributed by atoms with Gasteiger partial charge in [0.25, 0.3) is 0 Å². The molecule has 0 fully saturated rings. The van der Waals surface area contributed by atoms with E-state index < -0.39 is 9.61 Å². The lowest BCUT2D eigenvalue weighted by atomic mass is 10.2. The van der Waals surface area contributed by atoms with Crippen LogP contribution in [0.15, 0.2) is 12.1 Å². The second kappa shape index (κ2) is 5.29. The minimum atomic E-state index is -1.92. The SMILES string of the molecule is N#CCOc1cc(C(Cl)(Cl)Cl)c(F)cc1Cl. The highest BCUT2D eigenvalue weighted by molar-refractivity contribution is 6.66. The largest absolute Gasteiger partial charge is 0.477 e. The Labute approximate surface area is 111 Å². The first kappa shape index (κ1) is 13.7. The fourth-order valence-corrected chi connectivity index (χ4v) is 1.61. The third-order valence-corrected chi connectivity index (χ3v) is 2.53. The van der Waals surface area contributed by atoms with Crippen LogP contribution in [0.5, 0.6) is 5.75 Å². The Balaban J connectivity index is 3.18. The minimum absolute atomic E-state index is 0.00532. The van der Waals surface area contributed by atoms with E-state index in [0.29, 0.717) is 0 Å². The van der Waals surface area contributed by atoms with E-state index in [2.05, 4.69) is 0 Å². The van der Waals surface area contributed by atoms with Gasteiger partial charge < -0.3 is 4.74 Å². The number of halogens is 5. The predicted molar refractivity (Wildman–Crippen MR) is 61.8 cm³/mol. The lowest BCUT2D eigenvalue weighted by Crippen LogP contribution is -2.05. The van der Waals surface area contributed by atoms with Gasteiger partial charge in [0.2, 0.25) is 3.79 Å². The van der Waals surface area contributed by atoms with Crippen LogP contribution in [0.3, 0.4) is 0 Å². The average Bonchev–Trinajstić information content (AvgIpc) is 2.14. The van der Waals surface area contributed by atoms with Crippen LogP contribution >= 0.6 is 46.4 Å². The summed E-state index contributed by atoms with van der Waals surface area (Å²) in [7, 11) is 0. The Morgan fingerprint density at radius 3 is 2.50 bits per heavy atom. The summed E-state index contributed by atoms with van der Waals surface area (Å²) in [5.74, 6) is -0.666. The van der Waals surface area contributed by atoms with Crippen LogP contribution in [-0.4, -0.2) is 6.61 Å².